The van der Waals surface area contributed by atoms with Crippen molar-refractivity contribution < 1.29 is 9.53 Å². The summed E-state index contributed by atoms with van der Waals surface area (Å²) in [6, 6.07) is 8.22. The van der Waals surface area contributed by atoms with Gasteiger partial charge in [0.05, 0.1) is 0 Å². The molecule has 1 unspecified atom stereocenters. The van der Waals surface area contributed by atoms with E-state index < -0.39 is 0 Å². The molecule has 31 heavy (non-hydrogen) atoms. The third-order valence-electron chi connectivity index (χ3n) is 8.11. The largest absolute Gasteiger partial charge is 0.471 e. The van der Waals surface area contributed by atoms with Crippen molar-refractivity contribution in [3.05, 3.63) is 47.3 Å². The zero-order valence-corrected chi connectivity index (χ0v) is 19.1. The van der Waals surface area contributed by atoms with Crippen LogP contribution in [-0.4, -0.2) is 21.7 Å². The van der Waals surface area contributed by atoms with Gasteiger partial charge >= 0.3 is 0 Å². The topological polar surface area (TPSA) is 56.2 Å². The van der Waals surface area contributed by atoms with Crippen LogP contribution in [0.2, 0.25) is 0 Å². The van der Waals surface area contributed by atoms with Crippen molar-refractivity contribution in [2.75, 3.05) is 0 Å². The second kappa shape index (κ2) is 7.99. The molecular formula is C26H35N3O2. The maximum absolute atomic E-state index is 13.1. The van der Waals surface area contributed by atoms with E-state index in [1.807, 2.05) is 19.2 Å². The molecule has 5 heteroatoms. The van der Waals surface area contributed by atoms with Crippen molar-refractivity contribution in [2.24, 2.45) is 23.2 Å². The molecule has 0 radical (unpaired) electrons. The molecule has 6 rings (SSSR count). The van der Waals surface area contributed by atoms with Gasteiger partial charge in [-0.1, -0.05) is 19.1 Å². The van der Waals surface area contributed by atoms with Crippen LogP contribution in [0.5, 0.6) is 5.75 Å². The average molecular weight is 422 g/mol. The monoisotopic (exact) mass is 421 g/mol. The summed E-state index contributed by atoms with van der Waals surface area (Å²) in [6.45, 7) is 6.60. The van der Waals surface area contributed by atoms with Gasteiger partial charge in [-0.3, -0.25) is 4.79 Å². The van der Waals surface area contributed by atoms with E-state index >= 15 is 0 Å². The summed E-state index contributed by atoms with van der Waals surface area (Å²) in [7, 11) is 0. The van der Waals surface area contributed by atoms with Gasteiger partial charge in [0, 0.05) is 12.2 Å². The van der Waals surface area contributed by atoms with E-state index in [0.29, 0.717) is 17.8 Å². The Bertz CT molecular complexity index is 928. The highest BCUT2D eigenvalue weighted by molar-refractivity contribution is 5.92. The smallest absolute Gasteiger partial charge is 0.272 e. The van der Waals surface area contributed by atoms with Crippen molar-refractivity contribution >= 4 is 5.91 Å². The Labute approximate surface area is 185 Å². The molecule has 1 heterocycles. The van der Waals surface area contributed by atoms with Crippen LogP contribution in [0.4, 0.5) is 0 Å². The van der Waals surface area contributed by atoms with Crippen LogP contribution in [0, 0.1) is 37.0 Å². The predicted molar refractivity (Wildman–Crippen MR) is 121 cm³/mol. The predicted octanol–water partition coefficient (Wildman–Crippen LogP) is 5.26. The van der Waals surface area contributed by atoms with E-state index in [9.17, 15) is 4.79 Å². The number of carbonyl (C=O) groups excluding carboxylic acids is 1. The minimum atomic E-state index is -0.0481. The summed E-state index contributed by atoms with van der Waals surface area (Å²) in [6.07, 6.45) is 11.0. The molecule has 2 aromatic rings. The second-order valence-electron chi connectivity index (χ2n) is 10.5. The van der Waals surface area contributed by atoms with E-state index in [-0.39, 0.29) is 11.9 Å². The average Bonchev–Trinajstić information content (AvgIpc) is 3.20. The molecule has 0 saturated heterocycles. The van der Waals surface area contributed by atoms with Gasteiger partial charge in [-0.15, -0.1) is 0 Å². The van der Waals surface area contributed by atoms with Gasteiger partial charge in [-0.2, -0.15) is 5.10 Å². The number of amides is 1. The Morgan fingerprint density at radius 1 is 1.16 bits per heavy atom. The van der Waals surface area contributed by atoms with Gasteiger partial charge in [0.25, 0.3) is 5.91 Å². The lowest BCUT2D eigenvalue weighted by Gasteiger charge is -2.59. The molecule has 0 aliphatic heterocycles. The number of aromatic nitrogens is 2. The van der Waals surface area contributed by atoms with Crippen LogP contribution in [0.3, 0.4) is 0 Å². The molecule has 166 valence electrons. The molecule has 4 saturated carbocycles. The van der Waals surface area contributed by atoms with Crippen LogP contribution in [0.25, 0.3) is 0 Å². The first-order valence-electron chi connectivity index (χ1n) is 12.0. The molecule has 1 aromatic carbocycles. The lowest BCUT2D eigenvalue weighted by atomic mass is 9.47. The van der Waals surface area contributed by atoms with E-state index in [1.54, 1.807) is 10.7 Å². The Kier molecular flexibility index (Phi) is 5.31. The molecule has 1 amide bonds. The zero-order valence-electron chi connectivity index (χ0n) is 19.1. The summed E-state index contributed by atoms with van der Waals surface area (Å²) in [5.41, 5.74) is 3.05. The number of ether oxygens (including phenoxy) is 1. The fraction of sp³-hybridized carbons (Fsp3) is 0.615. The van der Waals surface area contributed by atoms with E-state index in [4.69, 9.17) is 4.74 Å². The molecule has 4 bridgehead atoms. The van der Waals surface area contributed by atoms with Crippen molar-refractivity contribution in [2.45, 2.75) is 78.5 Å². The molecule has 1 aromatic heterocycles. The Balaban J connectivity index is 1.23. The first kappa shape index (κ1) is 20.6. The Hall–Kier alpha value is -2.30. The molecule has 1 atom stereocenters. The van der Waals surface area contributed by atoms with Crippen molar-refractivity contribution in [3.8, 4) is 5.75 Å². The molecule has 4 aliphatic carbocycles. The van der Waals surface area contributed by atoms with Crippen molar-refractivity contribution in [1.29, 1.82) is 0 Å². The SMILES string of the molecule is CCC(NC(=O)c1ccn(COc2cc(C)ccc2C)n1)C12CC3CC(CC(C3)C1)C2. The Morgan fingerprint density at radius 3 is 2.48 bits per heavy atom. The number of rotatable bonds is 7. The number of aryl methyl sites for hydroxylation is 2. The first-order chi connectivity index (χ1) is 14.9. The highest BCUT2D eigenvalue weighted by Crippen LogP contribution is 2.61. The number of nitrogens with zero attached hydrogens (tertiary/aromatic N) is 2. The van der Waals surface area contributed by atoms with Crippen LogP contribution in [0.1, 0.15) is 73.5 Å². The highest BCUT2D eigenvalue weighted by Gasteiger charge is 2.54. The Morgan fingerprint density at radius 2 is 1.84 bits per heavy atom. The standard InChI is InChI=1S/C26H35N3O2/c1-4-24(26-13-19-10-20(14-26)12-21(11-19)15-26)27-25(30)22-7-8-29(28-22)16-31-23-9-17(2)5-6-18(23)3/h5-9,19-21,24H,4,10-16H2,1-3H3,(H,27,30). The van der Waals surface area contributed by atoms with Crippen LogP contribution < -0.4 is 10.1 Å². The van der Waals surface area contributed by atoms with E-state index in [0.717, 1.165) is 41.1 Å². The van der Waals surface area contributed by atoms with Gasteiger partial charge in [0.15, 0.2) is 6.73 Å². The normalized spacial score (nSPS) is 29.7. The number of benzene rings is 1. The fourth-order valence-corrected chi connectivity index (χ4v) is 7.08. The number of carbonyl (C=O) groups is 1. The first-order valence-corrected chi connectivity index (χ1v) is 12.0. The fourth-order valence-electron chi connectivity index (χ4n) is 7.08. The number of hydrogen-bond acceptors (Lipinski definition) is 3. The maximum atomic E-state index is 13.1. The summed E-state index contributed by atoms with van der Waals surface area (Å²) < 4.78 is 7.63. The summed E-state index contributed by atoms with van der Waals surface area (Å²) in [5, 5.41) is 7.88. The van der Waals surface area contributed by atoms with Crippen LogP contribution >= 0.6 is 0 Å². The summed E-state index contributed by atoms with van der Waals surface area (Å²) in [5.74, 6) is 3.47. The molecule has 5 nitrogen and oxygen atoms in total. The van der Waals surface area contributed by atoms with Crippen LogP contribution in [0.15, 0.2) is 30.5 Å². The van der Waals surface area contributed by atoms with Gasteiger partial charge in [-0.05, 0) is 105 Å². The van der Waals surface area contributed by atoms with Crippen LogP contribution in [-0.2, 0) is 6.73 Å². The molecular weight excluding hydrogens is 386 g/mol. The molecule has 4 aliphatic rings. The summed E-state index contributed by atoms with van der Waals surface area (Å²) in [4.78, 5) is 13.1. The van der Waals surface area contributed by atoms with Gasteiger partial charge in [-0.25, -0.2) is 4.68 Å². The lowest BCUT2D eigenvalue weighted by Crippen LogP contribution is -2.56. The van der Waals surface area contributed by atoms with Crippen molar-refractivity contribution in [3.63, 3.8) is 0 Å². The number of hydrogen-bond donors (Lipinski definition) is 1. The van der Waals surface area contributed by atoms with Gasteiger partial charge in [0.2, 0.25) is 0 Å². The minimum Gasteiger partial charge on any atom is -0.471 e. The maximum Gasteiger partial charge on any atom is 0.272 e. The minimum absolute atomic E-state index is 0.0481. The van der Waals surface area contributed by atoms with E-state index in [2.05, 4.69) is 36.4 Å². The third kappa shape index (κ3) is 3.99. The summed E-state index contributed by atoms with van der Waals surface area (Å²) >= 11 is 0. The third-order valence-corrected chi connectivity index (χ3v) is 8.11. The highest BCUT2D eigenvalue weighted by atomic mass is 16.5. The van der Waals surface area contributed by atoms with Gasteiger partial charge in [0.1, 0.15) is 11.4 Å². The lowest BCUT2D eigenvalue weighted by molar-refractivity contribution is -0.0727. The second-order valence-corrected chi connectivity index (χ2v) is 10.5. The zero-order chi connectivity index (χ0) is 21.6. The van der Waals surface area contributed by atoms with Gasteiger partial charge < -0.3 is 10.1 Å². The molecule has 1 N–H and O–H groups in total. The quantitative estimate of drug-likeness (QED) is 0.663. The molecule has 4 fully saturated rings. The molecule has 0 spiro atoms. The van der Waals surface area contributed by atoms with Crippen molar-refractivity contribution in [1.82, 2.24) is 15.1 Å². The van der Waals surface area contributed by atoms with E-state index in [1.165, 1.54) is 38.5 Å². The number of nitrogens with one attached hydrogen (secondary N) is 1.